The van der Waals surface area contributed by atoms with E-state index in [2.05, 4.69) is 13.2 Å². The average molecular weight is 248 g/mol. The molecule has 1 aromatic carbocycles. The molecule has 2 N–H and O–H groups in total. The highest BCUT2D eigenvalue weighted by Gasteiger charge is 1.99. The van der Waals surface area contributed by atoms with E-state index in [0.29, 0.717) is 5.03 Å². The van der Waals surface area contributed by atoms with Crippen LogP contribution in [0.4, 0.5) is 0 Å². The molecule has 0 aliphatic rings. The van der Waals surface area contributed by atoms with Crippen LogP contribution < -0.4 is 5.73 Å². The van der Waals surface area contributed by atoms with Gasteiger partial charge in [-0.05, 0) is 22.8 Å². The Morgan fingerprint density at radius 2 is 1.82 bits per heavy atom. The molecule has 17 heavy (non-hydrogen) atoms. The Labute approximate surface area is 106 Å². The Bertz CT molecular complexity index is 472. The molecule has 0 radical (unpaired) electrons. The van der Waals surface area contributed by atoms with Gasteiger partial charge in [-0.2, -0.15) is 0 Å². The molecule has 0 saturated heterocycles. The molecule has 0 heterocycles. The molecule has 0 aliphatic heterocycles. The molecule has 1 aromatic rings. The van der Waals surface area contributed by atoms with Crippen molar-refractivity contribution >= 4 is 23.1 Å². The van der Waals surface area contributed by atoms with E-state index in [1.54, 1.807) is 12.2 Å². The third kappa shape index (κ3) is 4.70. The van der Waals surface area contributed by atoms with Crippen LogP contribution in [0.5, 0.6) is 0 Å². The number of primary amides is 1. The topological polar surface area (TPSA) is 43.1 Å². The highest BCUT2D eigenvalue weighted by molar-refractivity contribution is 6.30. The minimum absolute atomic E-state index is 0.251. The van der Waals surface area contributed by atoms with E-state index in [4.69, 9.17) is 17.3 Å². The van der Waals surface area contributed by atoms with Crippen molar-refractivity contribution in [2.75, 3.05) is 0 Å². The van der Waals surface area contributed by atoms with Gasteiger partial charge in [0.05, 0.1) is 6.42 Å². The van der Waals surface area contributed by atoms with Gasteiger partial charge < -0.3 is 5.73 Å². The van der Waals surface area contributed by atoms with Crippen molar-refractivity contribution in [3.63, 3.8) is 0 Å². The van der Waals surface area contributed by atoms with Crippen molar-refractivity contribution in [3.8, 4) is 0 Å². The third-order valence-corrected chi connectivity index (χ3v) is 2.29. The van der Waals surface area contributed by atoms with Gasteiger partial charge in [-0.1, -0.05) is 55.1 Å². The standard InChI is InChI=1S/C14H14ClNO/c1-10(3-4-11(2)15)13-7-5-12(6-8-13)9-14(16)17/h3-8H,1-2,9H2,(H2,16,17)/b4-3-. The molecule has 0 aromatic heterocycles. The van der Waals surface area contributed by atoms with Gasteiger partial charge in [0, 0.05) is 5.03 Å². The highest BCUT2D eigenvalue weighted by Crippen LogP contribution is 2.16. The lowest BCUT2D eigenvalue weighted by atomic mass is 10.0. The maximum Gasteiger partial charge on any atom is 0.221 e. The molecule has 0 spiro atoms. The van der Waals surface area contributed by atoms with Crippen molar-refractivity contribution in [2.45, 2.75) is 6.42 Å². The number of rotatable bonds is 5. The highest BCUT2D eigenvalue weighted by atomic mass is 35.5. The van der Waals surface area contributed by atoms with Gasteiger partial charge in [-0.25, -0.2) is 0 Å². The molecule has 0 saturated carbocycles. The van der Waals surface area contributed by atoms with Crippen LogP contribution in [-0.4, -0.2) is 5.91 Å². The van der Waals surface area contributed by atoms with E-state index in [-0.39, 0.29) is 12.3 Å². The summed E-state index contributed by atoms with van der Waals surface area (Å²) in [5.74, 6) is -0.338. The number of nitrogens with two attached hydrogens (primary N) is 1. The third-order valence-electron chi connectivity index (χ3n) is 2.17. The summed E-state index contributed by atoms with van der Waals surface area (Å²) in [5, 5.41) is 0.455. The molecule has 1 rings (SSSR count). The maximum absolute atomic E-state index is 10.7. The number of hydrogen-bond acceptors (Lipinski definition) is 1. The molecule has 0 bridgehead atoms. The number of hydrogen-bond donors (Lipinski definition) is 1. The van der Waals surface area contributed by atoms with Crippen LogP contribution in [0.3, 0.4) is 0 Å². The summed E-state index contributed by atoms with van der Waals surface area (Å²) in [6, 6.07) is 7.49. The van der Waals surface area contributed by atoms with Crippen LogP contribution in [-0.2, 0) is 11.2 Å². The second-order valence-electron chi connectivity index (χ2n) is 3.65. The molecule has 2 nitrogen and oxygen atoms in total. The predicted octanol–water partition coefficient (Wildman–Crippen LogP) is 3.04. The van der Waals surface area contributed by atoms with Crippen LogP contribution in [0, 0.1) is 0 Å². The molecular weight excluding hydrogens is 234 g/mol. The van der Waals surface area contributed by atoms with Crippen molar-refractivity contribution in [1.29, 1.82) is 0 Å². The summed E-state index contributed by atoms with van der Waals surface area (Å²) < 4.78 is 0. The van der Waals surface area contributed by atoms with Gasteiger partial charge in [0.2, 0.25) is 5.91 Å². The predicted molar refractivity (Wildman–Crippen MR) is 72.5 cm³/mol. The van der Waals surface area contributed by atoms with Crippen molar-refractivity contribution in [3.05, 3.63) is 65.7 Å². The van der Waals surface area contributed by atoms with Gasteiger partial charge in [-0.15, -0.1) is 0 Å². The minimum atomic E-state index is -0.338. The normalized spacial score (nSPS) is 10.4. The van der Waals surface area contributed by atoms with E-state index >= 15 is 0 Å². The SMILES string of the molecule is C=C(Cl)/C=C\C(=C)c1ccc(CC(N)=O)cc1. The first-order valence-electron chi connectivity index (χ1n) is 5.08. The Kier molecular flexibility index (Phi) is 4.73. The van der Waals surface area contributed by atoms with Crippen molar-refractivity contribution in [2.24, 2.45) is 5.73 Å². The summed E-state index contributed by atoms with van der Waals surface area (Å²) in [6.45, 7) is 7.46. The number of amides is 1. The maximum atomic E-state index is 10.7. The number of benzene rings is 1. The van der Waals surface area contributed by atoms with Crippen LogP contribution in [0.15, 0.2) is 54.6 Å². The first-order valence-corrected chi connectivity index (χ1v) is 5.46. The second-order valence-corrected chi connectivity index (χ2v) is 4.13. The van der Waals surface area contributed by atoms with E-state index in [9.17, 15) is 4.79 Å². The van der Waals surface area contributed by atoms with E-state index < -0.39 is 0 Å². The molecule has 3 heteroatoms. The number of halogens is 1. The van der Waals surface area contributed by atoms with Gasteiger partial charge in [-0.3, -0.25) is 4.79 Å². The Morgan fingerprint density at radius 3 is 2.29 bits per heavy atom. The molecule has 0 fully saturated rings. The quantitative estimate of drug-likeness (QED) is 0.799. The molecule has 88 valence electrons. The van der Waals surface area contributed by atoms with Crippen LogP contribution in [0.25, 0.3) is 5.57 Å². The lowest BCUT2D eigenvalue weighted by molar-refractivity contribution is -0.117. The van der Waals surface area contributed by atoms with E-state index in [1.807, 2.05) is 24.3 Å². The van der Waals surface area contributed by atoms with Crippen LogP contribution in [0.2, 0.25) is 0 Å². The molecule has 0 atom stereocenters. The molecule has 0 aliphatic carbocycles. The smallest absolute Gasteiger partial charge is 0.221 e. The molecular formula is C14H14ClNO. The lowest BCUT2D eigenvalue weighted by Crippen LogP contribution is -2.13. The number of carbonyl (C=O) groups is 1. The van der Waals surface area contributed by atoms with Gasteiger partial charge in [0.1, 0.15) is 0 Å². The summed E-state index contributed by atoms with van der Waals surface area (Å²) in [6.07, 6.45) is 3.72. The van der Waals surface area contributed by atoms with Crippen molar-refractivity contribution < 1.29 is 4.79 Å². The Hall–Kier alpha value is -1.80. The zero-order chi connectivity index (χ0) is 12.8. The van der Waals surface area contributed by atoms with Gasteiger partial charge >= 0.3 is 0 Å². The molecule has 0 unspecified atom stereocenters. The van der Waals surface area contributed by atoms with Gasteiger partial charge in [0.25, 0.3) is 0 Å². The number of allylic oxidation sites excluding steroid dienone is 4. The summed E-state index contributed by atoms with van der Waals surface area (Å²) in [7, 11) is 0. The molecule has 1 amide bonds. The fourth-order valence-corrected chi connectivity index (χ4v) is 1.39. The largest absolute Gasteiger partial charge is 0.369 e. The lowest BCUT2D eigenvalue weighted by Gasteiger charge is -2.02. The summed E-state index contributed by atoms with van der Waals surface area (Å²) in [5.41, 5.74) is 7.80. The van der Waals surface area contributed by atoms with Crippen molar-refractivity contribution in [1.82, 2.24) is 0 Å². The minimum Gasteiger partial charge on any atom is -0.369 e. The van der Waals surface area contributed by atoms with E-state index in [0.717, 1.165) is 16.7 Å². The van der Waals surface area contributed by atoms with E-state index in [1.165, 1.54) is 0 Å². The second kappa shape index (κ2) is 6.06. The Balaban J connectivity index is 2.77. The summed E-state index contributed by atoms with van der Waals surface area (Å²) in [4.78, 5) is 10.7. The first-order chi connectivity index (χ1) is 7.99. The van der Waals surface area contributed by atoms with Crippen LogP contribution >= 0.6 is 11.6 Å². The summed E-state index contributed by atoms with van der Waals surface area (Å²) >= 11 is 5.62. The Morgan fingerprint density at radius 1 is 1.24 bits per heavy atom. The van der Waals surface area contributed by atoms with Gasteiger partial charge in [0.15, 0.2) is 0 Å². The zero-order valence-electron chi connectivity index (χ0n) is 9.45. The fourth-order valence-electron chi connectivity index (χ4n) is 1.33. The zero-order valence-corrected chi connectivity index (χ0v) is 10.2. The average Bonchev–Trinajstić information content (AvgIpc) is 2.26. The fraction of sp³-hybridized carbons (Fsp3) is 0.0714. The van der Waals surface area contributed by atoms with Crippen LogP contribution in [0.1, 0.15) is 11.1 Å². The first kappa shape index (κ1) is 13.3. The number of carbonyl (C=O) groups excluding carboxylic acids is 1. The monoisotopic (exact) mass is 247 g/mol.